The topological polar surface area (TPSA) is 40.5 Å². The Morgan fingerprint density at radius 3 is 2.50 bits per heavy atom. The normalized spacial score (nSPS) is 36.1. The van der Waals surface area contributed by atoms with E-state index in [0.717, 1.165) is 45.2 Å². The quantitative estimate of drug-likeness (QED) is 0.739. The molecule has 1 saturated heterocycles. The molecule has 1 amide bonds. The summed E-state index contributed by atoms with van der Waals surface area (Å²) >= 11 is 0. The van der Waals surface area contributed by atoms with Crippen LogP contribution in [0.25, 0.3) is 0 Å². The van der Waals surface area contributed by atoms with E-state index < -0.39 is 0 Å². The van der Waals surface area contributed by atoms with Crippen LogP contribution < -0.4 is 0 Å². The molecular formula is C13H23NO2. The van der Waals surface area contributed by atoms with Crippen LogP contribution in [0, 0.1) is 11.8 Å². The van der Waals surface area contributed by atoms with Gasteiger partial charge in [-0.15, -0.1) is 0 Å². The Balaban J connectivity index is 1.86. The van der Waals surface area contributed by atoms with E-state index in [-0.39, 0.29) is 12.0 Å². The van der Waals surface area contributed by atoms with Crippen LogP contribution in [0.4, 0.5) is 0 Å². The van der Waals surface area contributed by atoms with Crippen molar-refractivity contribution >= 4 is 5.91 Å². The first-order valence-corrected chi connectivity index (χ1v) is 6.63. The molecule has 0 aromatic rings. The van der Waals surface area contributed by atoms with Gasteiger partial charge in [-0.25, -0.2) is 0 Å². The van der Waals surface area contributed by atoms with E-state index in [1.807, 2.05) is 0 Å². The number of rotatable bonds is 1. The monoisotopic (exact) mass is 225 g/mol. The maximum absolute atomic E-state index is 12.2. The highest BCUT2D eigenvalue weighted by atomic mass is 16.3. The lowest BCUT2D eigenvalue weighted by Crippen LogP contribution is -2.43. The summed E-state index contributed by atoms with van der Waals surface area (Å²) in [6.45, 7) is 4.12. The summed E-state index contributed by atoms with van der Waals surface area (Å²) < 4.78 is 0. The van der Waals surface area contributed by atoms with E-state index in [1.165, 1.54) is 6.42 Å². The summed E-state index contributed by atoms with van der Waals surface area (Å²) in [5.74, 6) is 1.19. The Kier molecular flexibility index (Phi) is 3.85. The molecule has 2 aliphatic rings. The fraction of sp³-hybridized carbons (Fsp3) is 0.923. The predicted molar refractivity (Wildman–Crippen MR) is 62.9 cm³/mol. The Labute approximate surface area is 97.8 Å². The van der Waals surface area contributed by atoms with Crippen LogP contribution in [0.5, 0.6) is 0 Å². The third-order valence-electron chi connectivity index (χ3n) is 4.01. The lowest BCUT2D eigenvalue weighted by atomic mass is 9.86. The van der Waals surface area contributed by atoms with Crippen molar-refractivity contribution in [3.05, 3.63) is 0 Å². The number of aliphatic hydroxyl groups excluding tert-OH is 1. The Morgan fingerprint density at radius 1 is 1.19 bits per heavy atom. The average molecular weight is 225 g/mol. The van der Waals surface area contributed by atoms with Crippen molar-refractivity contribution in [1.82, 2.24) is 4.90 Å². The molecule has 1 aliphatic heterocycles. The zero-order valence-corrected chi connectivity index (χ0v) is 10.2. The van der Waals surface area contributed by atoms with Gasteiger partial charge in [-0.3, -0.25) is 4.79 Å². The van der Waals surface area contributed by atoms with Crippen molar-refractivity contribution in [2.45, 2.75) is 51.6 Å². The van der Waals surface area contributed by atoms with Crippen molar-refractivity contribution < 1.29 is 9.90 Å². The summed E-state index contributed by atoms with van der Waals surface area (Å²) in [6, 6.07) is 0. The van der Waals surface area contributed by atoms with Crippen molar-refractivity contribution in [2.24, 2.45) is 11.8 Å². The third-order valence-corrected chi connectivity index (χ3v) is 4.01. The van der Waals surface area contributed by atoms with Crippen molar-refractivity contribution in [1.29, 1.82) is 0 Å². The fourth-order valence-corrected chi connectivity index (χ4v) is 2.97. The minimum Gasteiger partial charge on any atom is -0.393 e. The number of nitrogens with zero attached hydrogens (tertiary/aromatic N) is 1. The van der Waals surface area contributed by atoms with Crippen LogP contribution in [-0.4, -0.2) is 35.1 Å². The van der Waals surface area contributed by atoms with Crippen LogP contribution >= 0.6 is 0 Å². The largest absolute Gasteiger partial charge is 0.393 e. The van der Waals surface area contributed by atoms with Crippen molar-refractivity contribution in [2.75, 3.05) is 13.1 Å². The van der Waals surface area contributed by atoms with Gasteiger partial charge < -0.3 is 10.0 Å². The molecule has 1 unspecified atom stereocenters. The second-order valence-electron chi connectivity index (χ2n) is 5.54. The van der Waals surface area contributed by atoms with Crippen LogP contribution in [0.1, 0.15) is 45.4 Å². The SMILES string of the molecule is CC1CCCN(C(=O)C2CCC(O)CC2)C1. The molecule has 1 aliphatic carbocycles. The smallest absolute Gasteiger partial charge is 0.225 e. The summed E-state index contributed by atoms with van der Waals surface area (Å²) in [5, 5.41) is 9.44. The number of aliphatic hydroxyl groups is 1. The van der Waals surface area contributed by atoms with E-state index in [1.54, 1.807) is 0 Å². The van der Waals surface area contributed by atoms with Gasteiger partial charge in [-0.2, -0.15) is 0 Å². The molecule has 0 aromatic carbocycles. The first kappa shape index (κ1) is 11.9. The number of piperidine rings is 1. The first-order chi connectivity index (χ1) is 7.66. The summed E-state index contributed by atoms with van der Waals surface area (Å²) in [7, 11) is 0. The zero-order valence-electron chi connectivity index (χ0n) is 10.2. The zero-order chi connectivity index (χ0) is 11.5. The number of likely N-dealkylation sites (tertiary alicyclic amines) is 1. The molecule has 3 heteroatoms. The van der Waals surface area contributed by atoms with Crippen LogP contribution in [0.15, 0.2) is 0 Å². The summed E-state index contributed by atoms with van der Waals surface area (Å²) in [6.07, 6.45) is 5.62. The Morgan fingerprint density at radius 2 is 1.88 bits per heavy atom. The van der Waals surface area contributed by atoms with Gasteiger partial charge in [0, 0.05) is 19.0 Å². The number of hydrogen-bond acceptors (Lipinski definition) is 2. The van der Waals surface area contributed by atoms with Gasteiger partial charge in [0.05, 0.1) is 6.10 Å². The fourth-order valence-electron chi connectivity index (χ4n) is 2.97. The van der Waals surface area contributed by atoms with Gasteiger partial charge in [-0.05, 0) is 44.4 Å². The summed E-state index contributed by atoms with van der Waals surface area (Å²) in [5.41, 5.74) is 0. The third kappa shape index (κ3) is 2.76. The predicted octanol–water partition coefficient (Wildman–Crippen LogP) is 1.80. The van der Waals surface area contributed by atoms with E-state index in [9.17, 15) is 9.90 Å². The molecule has 1 N–H and O–H groups in total. The molecule has 92 valence electrons. The van der Waals surface area contributed by atoms with Crippen LogP contribution in [-0.2, 0) is 4.79 Å². The van der Waals surface area contributed by atoms with Gasteiger partial charge in [0.2, 0.25) is 5.91 Å². The van der Waals surface area contributed by atoms with E-state index in [4.69, 9.17) is 0 Å². The molecule has 0 bridgehead atoms. The van der Waals surface area contributed by atoms with Crippen LogP contribution in [0.2, 0.25) is 0 Å². The summed E-state index contributed by atoms with van der Waals surface area (Å²) in [4.78, 5) is 14.3. The molecule has 16 heavy (non-hydrogen) atoms. The van der Waals surface area contributed by atoms with Crippen molar-refractivity contribution in [3.8, 4) is 0 Å². The number of hydrogen-bond donors (Lipinski definition) is 1. The van der Waals surface area contributed by atoms with E-state index in [0.29, 0.717) is 11.8 Å². The molecule has 0 spiro atoms. The molecular weight excluding hydrogens is 202 g/mol. The number of carbonyl (C=O) groups is 1. The maximum Gasteiger partial charge on any atom is 0.225 e. The average Bonchev–Trinajstić information content (AvgIpc) is 2.29. The highest BCUT2D eigenvalue weighted by Gasteiger charge is 2.30. The Hall–Kier alpha value is -0.570. The highest BCUT2D eigenvalue weighted by Crippen LogP contribution is 2.27. The molecule has 0 aromatic heterocycles. The number of amides is 1. The lowest BCUT2D eigenvalue weighted by Gasteiger charge is -2.35. The molecule has 1 saturated carbocycles. The molecule has 2 fully saturated rings. The molecule has 1 atom stereocenters. The van der Waals surface area contributed by atoms with Gasteiger partial charge in [0.1, 0.15) is 0 Å². The van der Waals surface area contributed by atoms with Gasteiger partial charge >= 0.3 is 0 Å². The van der Waals surface area contributed by atoms with E-state index >= 15 is 0 Å². The molecule has 0 radical (unpaired) electrons. The maximum atomic E-state index is 12.2. The van der Waals surface area contributed by atoms with E-state index in [2.05, 4.69) is 11.8 Å². The highest BCUT2D eigenvalue weighted by molar-refractivity contribution is 5.79. The second kappa shape index (κ2) is 5.17. The standard InChI is InChI=1S/C13H23NO2/c1-10-3-2-8-14(9-10)13(16)11-4-6-12(15)7-5-11/h10-12,15H,2-9H2,1H3. The molecule has 1 heterocycles. The van der Waals surface area contributed by atoms with Crippen LogP contribution in [0.3, 0.4) is 0 Å². The second-order valence-corrected chi connectivity index (χ2v) is 5.54. The minimum absolute atomic E-state index is 0.163. The van der Waals surface area contributed by atoms with Crippen molar-refractivity contribution in [3.63, 3.8) is 0 Å². The number of carbonyl (C=O) groups excluding carboxylic acids is 1. The first-order valence-electron chi connectivity index (χ1n) is 6.63. The lowest BCUT2D eigenvalue weighted by molar-refractivity contribution is -0.138. The minimum atomic E-state index is -0.163. The molecule has 2 rings (SSSR count). The van der Waals surface area contributed by atoms with Gasteiger partial charge in [0.25, 0.3) is 0 Å². The molecule has 3 nitrogen and oxygen atoms in total. The Bertz CT molecular complexity index is 246. The van der Waals surface area contributed by atoms with Gasteiger partial charge in [-0.1, -0.05) is 6.92 Å². The van der Waals surface area contributed by atoms with Gasteiger partial charge in [0.15, 0.2) is 0 Å².